The smallest absolute Gasteiger partial charge is 0.239 e. The highest BCUT2D eigenvalue weighted by Crippen LogP contribution is 2.27. The molecule has 1 amide bonds. The van der Waals surface area contributed by atoms with E-state index >= 15 is 0 Å². The molecule has 2 rings (SSSR count). The van der Waals surface area contributed by atoms with Crippen molar-refractivity contribution in [3.05, 3.63) is 29.8 Å². The summed E-state index contributed by atoms with van der Waals surface area (Å²) in [5.41, 5.74) is 1.21. The summed E-state index contributed by atoms with van der Waals surface area (Å²) >= 11 is 0. The van der Waals surface area contributed by atoms with Crippen LogP contribution in [0.3, 0.4) is 0 Å². The van der Waals surface area contributed by atoms with E-state index in [-0.39, 0.29) is 42.5 Å². The predicted molar refractivity (Wildman–Crippen MR) is 126 cm³/mol. The van der Waals surface area contributed by atoms with Crippen molar-refractivity contribution in [2.75, 3.05) is 60.6 Å². The molecule has 1 aromatic rings. The molecule has 1 fully saturated rings. The maximum absolute atomic E-state index is 11.8. The molecule has 0 aliphatic carbocycles. The number of halogens is 1. The number of likely N-dealkylation sites (tertiary alicyclic amines) is 1. The Balaban J connectivity index is 0.00000420. The number of amides is 1. The summed E-state index contributed by atoms with van der Waals surface area (Å²) in [6.45, 7) is 4.01. The third kappa shape index (κ3) is 8.75. The molecule has 0 bridgehead atoms. The maximum atomic E-state index is 11.8. The molecule has 1 heterocycles. The van der Waals surface area contributed by atoms with Gasteiger partial charge in [-0.1, -0.05) is 12.1 Å². The Bertz CT molecular complexity index is 638. The number of nitrogens with zero attached hydrogens (tertiary/aromatic N) is 2. The first-order valence-electron chi connectivity index (χ1n) is 9.76. The molecule has 1 aliphatic rings. The van der Waals surface area contributed by atoms with Crippen LogP contribution in [-0.2, 0) is 9.53 Å². The Morgan fingerprint density at radius 3 is 2.62 bits per heavy atom. The monoisotopic (exact) mass is 519 g/mol. The van der Waals surface area contributed by atoms with Crippen molar-refractivity contribution in [2.45, 2.75) is 18.9 Å². The third-order valence-electron chi connectivity index (χ3n) is 4.79. The topological polar surface area (TPSA) is 87.2 Å². The van der Waals surface area contributed by atoms with Crippen LogP contribution >= 0.6 is 24.0 Å². The van der Waals surface area contributed by atoms with Crippen molar-refractivity contribution in [3.63, 3.8) is 0 Å². The van der Waals surface area contributed by atoms with Crippen LogP contribution in [0.5, 0.6) is 5.75 Å². The normalized spacial score (nSPS) is 15.3. The molecule has 8 nitrogen and oxygen atoms in total. The lowest BCUT2D eigenvalue weighted by Crippen LogP contribution is -2.46. The minimum absolute atomic E-state index is 0. The van der Waals surface area contributed by atoms with Gasteiger partial charge in [0.05, 0.1) is 26.3 Å². The first-order chi connectivity index (χ1) is 13.7. The minimum atomic E-state index is -0.0936. The van der Waals surface area contributed by atoms with Crippen LogP contribution in [0.2, 0.25) is 0 Å². The number of methoxy groups -OCH3 is 2. The molecular formula is C20H34IN5O3. The van der Waals surface area contributed by atoms with Crippen LogP contribution < -0.4 is 20.7 Å². The van der Waals surface area contributed by atoms with Crippen LogP contribution in [0.25, 0.3) is 0 Å². The summed E-state index contributed by atoms with van der Waals surface area (Å²) in [7, 11) is 5.00. The fourth-order valence-corrected chi connectivity index (χ4v) is 3.29. The molecule has 9 heteroatoms. The number of carbonyl (C=O) groups is 1. The van der Waals surface area contributed by atoms with E-state index in [4.69, 9.17) is 9.47 Å². The minimum Gasteiger partial charge on any atom is -0.497 e. The van der Waals surface area contributed by atoms with Gasteiger partial charge < -0.3 is 25.4 Å². The number of ether oxygens (including phenoxy) is 2. The second-order valence-electron chi connectivity index (χ2n) is 6.68. The molecule has 29 heavy (non-hydrogen) atoms. The van der Waals surface area contributed by atoms with E-state index < -0.39 is 0 Å². The van der Waals surface area contributed by atoms with Gasteiger partial charge in [-0.25, -0.2) is 0 Å². The van der Waals surface area contributed by atoms with Gasteiger partial charge in [0.15, 0.2) is 5.96 Å². The summed E-state index contributed by atoms with van der Waals surface area (Å²) in [5, 5.41) is 9.20. The van der Waals surface area contributed by atoms with Crippen LogP contribution in [0.1, 0.15) is 24.4 Å². The van der Waals surface area contributed by atoms with E-state index in [1.807, 2.05) is 12.1 Å². The highest BCUT2D eigenvalue weighted by Gasteiger charge is 2.24. The number of rotatable bonds is 10. The predicted octanol–water partition coefficient (Wildman–Crippen LogP) is 1.38. The van der Waals surface area contributed by atoms with Gasteiger partial charge in [0.1, 0.15) is 5.75 Å². The van der Waals surface area contributed by atoms with E-state index in [0.29, 0.717) is 25.7 Å². The van der Waals surface area contributed by atoms with Gasteiger partial charge in [0.2, 0.25) is 5.91 Å². The zero-order valence-electron chi connectivity index (χ0n) is 17.6. The number of carbonyl (C=O) groups excluding carboxylic acids is 1. The number of nitrogens with one attached hydrogen (secondary N) is 3. The molecule has 1 unspecified atom stereocenters. The second-order valence-corrected chi connectivity index (χ2v) is 6.68. The summed E-state index contributed by atoms with van der Waals surface area (Å²) in [6.07, 6.45) is 2.43. The Morgan fingerprint density at radius 2 is 1.97 bits per heavy atom. The van der Waals surface area contributed by atoms with Crippen LogP contribution in [0, 0.1) is 0 Å². The van der Waals surface area contributed by atoms with Gasteiger partial charge in [-0.2, -0.15) is 0 Å². The first-order valence-corrected chi connectivity index (χ1v) is 9.76. The molecule has 0 saturated carbocycles. The van der Waals surface area contributed by atoms with Crippen molar-refractivity contribution in [3.8, 4) is 5.75 Å². The van der Waals surface area contributed by atoms with Crippen molar-refractivity contribution < 1.29 is 14.3 Å². The van der Waals surface area contributed by atoms with E-state index in [2.05, 4.69) is 38.0 Å². The number of guanidine groups is 1. The van der Waals surface area contributed by atoms with Gasteiger partial charge in [-0.05, 0) is 43.6 Å². The Labute approximate surface area is 190 Å². The largest absolute Gasteiger partial charge is 0.497 e. The average molecular weight is 519 g/mol. The summed E-state index contributed by atoms with van der Waals surface area (Å²) in [4.78, 5) is 18.6. The number of hydrogen-bond donors (Lipinski definition) is 3. The second kappa shape index (κ2) is 14.4. The van der Waals surface area contributed by atoms with Crippen molar-refractivity contribution in [2.24, 2.45) is 4.99 Å². The van der Waals surface area contributed by atoms with Gasteiger partial charge >= 0.3 is 0 Å². The quantitative estimate of drug-likeness (QED) is 0.188. The standard InChI is InChI=1S/C20H33N5O3.HI/c1-21-20(24-15-19(26)22-9-12-27-2)23-14-18(25-10-4-5-11-25)16-7-6-8-17(13-16)28-3;/h6-8,13,18H,4-5,9-12,14-15H2,1-3H3,(H,22,26)(H2,21,23,24);1H. The van der Waals surface area contributed by atoms with Crippen molar-refractivity contribution in [1.82, 2.24) is 20.9 Å². The van der Waals surface area contributed by atoms with Crippen molar-refractivity contribution in [1.29, 1.82) is 0 Å². The Morgan fingerprint density at radius 1 is 1.21 bits per heavy atom. The molecule has 0 radical (unpaired) electrons. The molecular weight excluding hydrogens is 485 g/mol. The third-order valence-corrected chi connectivity index (χ3v) is 4.79. The van der Waals surface area contributed by atoms with Crippen LogP contribution in [0.15, 0.2) is 29.3 Å². The fourth-order valence-electron chi connectivity index (χ4n) is 3.29. The average Bonchev–Trinajstić information content (AvgIpc) is 3.25. The molecule has 1 aromatic carbocycles. The van der Waals surface area contributed by atoms with Crippen LogP contribution in [-0.4, -0.2) is 77.4 Å². The Kier molecular flexibility index (Phi) is 12.6. The van der Waals surface area contributed by atoms with E-state index in [0.717, 1.165) is 18.8 Å². The van der Waals surface area contributed by atoms with Gasteiger partial charge in [0.25, 0.3) is 0 Å². The van der Waals surface area contributed by atoms with E-state index in [1.54, 1.807) is 21.3 Å². The summed E-state index contributed by atoms with van der Waals surface area (Å²) < 4.78 is 10.3. The maximum Gasteiger partial charge on any atom is 0.239 e. The molecule has 0 aromatic heterocycles. The lowest BCUT2D eigenvalue weighted by atomic mass is 10.1. The first kappa shape index (κ1) is 25.4. The SMILES string of the molecule is CN=C(NCC(=O)NCCOC)NCC(c1cccc(OC)c1)N1CCCC1.I. The van der Waals surface area contributed by atoms with Crippen LogP contribution in [0.4, 0.5) is 0 Å². The Hall–Kier alpha value is -1.59. The lowest BCUT2D eigenvalue weighted by Gasteiger charge is -2.29. The number of aliphatic imine (C=N–C) groups is 1. The summed E-state index contributed by atoms with van der Waals surface area (Å²) in [5.74, 6) is 1.37. The fraction of sp³-hybridized carbons (Fsp3) is 0.600. The van der Waals surface area contributed by atoms with E-state index in [9.17, 15) is 4.79 Å². The molecule has 1 saturated heterocycles. The van der Waals surface area contributed by atoms with Gasteiger partial charge in [-0.15, -0.1) is 24.0 Å². The highest BCUT2D eigenvalue weighted by atomic mass is 127. The molecule has 3 N–H and O–H groups in total. The highest BCUT2D eigenvalue weighted by molar-refractivity contribution is 14.0. The molecule has 0 spiro atoms. The lowest BCUT2D eigenvalue weighted by molar-refractivity contribution is -0.120. The number of hydrogen-bond acceptors (Lipinski definition) is 5. The van der Waals surface area contributed by atoms with Gasteiger partial charge in [0, 0.05) is 27.2 Å². The zero-order chi connectivity index (χ0) is 20.2. The molecule has 1 atom stereocenters. The molecule has 1 aliphatic heterocycles. The zero-order valence-corrected chi connectivity index (χ0v) is 19.9. The summed E-state index contributed by atoms with van der Waals surface area (Å²) in [6, 6.07) is 8.41. The van der Waals surface area contributed by atoms with Gasteiger partial charge in [-0.3, -0.25) is 14.7 Å². The number of benzene rings is 1. The molecule has 164 valence electrons. The van der Waals surface area contributed by atoms with E-state index in [1.165, 1.54) is 18.4 Å². The van der Waals surface area contributed by atoms with Crippen molar-refractivity contribution >= 4 is 35.8 Å².